The monoisotopic (exact) mass is 854 g/mol. The van der Waals surface area contributed by atoms with Crippen LogP contribution in [0.15, 0.2) is 223 Å². The third-order valence-electron chi connectivity index (χ3n) is 15.5. The topological polar surface area (TPSA) is 21.3 Å². The molecule has 3 aliphatic rings. The van der Waals surface area contributed by atoms with Gasteiger partial charge < -0.3 is 13.9 Å². The SMILES string of the molecule is CC1(C)c2c(ccc3c2-c2ccccc2C32c3ccccc3-c3ccc(N(c4ccccc4)c4cccc5c4oc4ccccc45)cc32)-c2ccc3c(c21)c1ccccc1n3-c1ccccc1. The van der Waals surface area contributed by atoms with Crippen LogP contribution in [0.5, 0.6) is 0 Å². The largest absolute Gasteiger partial charge is 0.454 e. The van der Waals surface area contributed by atoms with Crippen molar-refractivity contribution >= 4 is 60.8 Å². The zero-order valence-corrected chi connectivity index (χ0v) is 37.1. The Labute approximate surface area is 388 Å². The van der Waals surface area contributed by atoms with E-state index in [2.05, 4.69) is 242 Å². The van der Waals surface area contributed by atoms with Gasteiger partial charge in [0.25, 0.3) is 0 Å². The molecule has 1 spiro atoms. The highest BCUT2D eigenvalue weighted by molar-refractivity contribution is 6.15. The second kappa shape index (κ2) is 13.1. The van der Waals surface area contributed by atoms with Gasteiger partial charge in [0.05, 0.1) is 22.1 Å². The van der Waals surface area contributed by atoms with Crippen LogP contribution in [0, 0.1) is 0 Å². The van der Waals surface area contributed by atoms with Gasteiger partial charge in [-0.3, -0.25) is 0 Å². The molecule has 0 amide bonds. The zero-order valence-electron chi connectivity index (χ0n) is 37.1. The normalized spacial score (nSPS) is 15.8. The summed E-state index contributed by atoms with van der Waals surface area (Å²) in [5, 5.41) is 4.86. The van der Waals surface area contributed by atoms with Crippen LogP contribution in [0.4, 0.5) is 17.1 Å². The predicted octanol–water partition coefficient (Wildman–Crippen LogP) is 16.8. The van der Waals surface area contributed by atoms with Crippen molar-refractivity contribution in [3.63, 3.8) is 0 Å². The summed E-state index contributed by atoms with van der Waals surface area (Å²) in [5.41, 5.74) is 23.8. The van der Waals surface area contributed by atoms with Crippen LogP contribution in [0.2, 0.25) is 0 Å². The summed E-state index contributed by atoms with van der Waals surface area (Å²) in [6, 6.07) is 80.8. The van der Waals surface area contributed by atoms with E-state index in [0.717, 1.165) is 39.0 Å². The summed E-state index contributed by atoms with van der Waals surface area (Å²) in [6.07, 6.45) is 0. The number of para-hydroxylation sites is 5. The average Bonchev–Trinajstić information content (AvgIpc) is 4.15. The first kappa shape index (κ1) is 36.9. The van der Waals surface area contributed by atoms with Crippen molar-refractivity contribution in [3.8, 4) is 39.1 Å². The Morgan fingerprint density at radius 3 is 1.88 bits per heavy atom. The van der Waals surface area contributed by atoms with Gasteiger partial charge in [0, 0.05) is 44.0 Å². The summed E-state index contributed by atoms with van der Waals surface area (Å²) >= 11 is 0. The highest BCUT2D eigenvalue weighted by Crippen LogP contribution is 2.67. The van der Waals surface area contributed by atoms with Crippen LogP contribution in [0.3, 0.4) is 0 Å². The molecule has 0 N–H and O–H groups in total. The lowest BCUT2D eigenvalue weighted by atomic mass is 9.69. The number of furan rings is 1. The molecule has 10 aromatic carbocycles. The van der Waals surface area contributed by atoms with E-state index in [1.165, 1.54) is 94.3 Å². The molecule has 3 nitrogen and oxygen atoms in total. The van der Waals surface area contributed by atoms with Gasteiger partial charge >= 0.3 is 0 Å². The van der Waals surface area contributed by atoms with Crippen LogP contribution < -0.4 is 4.90 Å². The summed E-state index contributed by atoms with van der Waals surface area (Å²) in [6.45, 7) is 4.95. The van der Waals surface area contributed by atoms with E-state index in [4.69, 9.17) is 4.42 Å². The second-order valence-corrected chi connectivity index (χ2v) is 19.1. The quantitative estimate of drug-likeness (QED) is 0.176. The van der Waals surface area contributed by atoms with Gasteiger partial charge in [0.1, 0.15) is 5.58 Å². The van der Waals surface area contributed by atoms with Crippen molar-refractivity contribution in [2.45, 2.75) is 24.7 Å². The molecule has 0 bridgehead atoms. The van der Waals surface area contributed by atoms with Crippen molar-refractivity contribution < 1.29 is 4.42 Å². The van der Waals surface area contributed by atoms with Gasteiger partial charge in [0.15, 0.2) is 5.58 Å². The Morgan fingerprint density at radius 2 is 1.04 bits per heavy atom. The summed E-state index contributed by atoms with van der Waals surface area (Å²) in [5.74, 6) is 0. The van der Waals surface area contributed by atoms with E-state index in [-0.39, 0.29) is 5.41 Å². The Bertz CT molecular complexity index is 4080. The van der Waals surface area contributed by atoms with Crippen LogP contribution in [0.25, 0.3) is 82.8 Å². The molecule has 1 unspecified atom stereocenters. The van der Waals surface area contributed by atoms with E-state index >= 15 is 0 Å². The molecule has 0 aliphatic heterocycles. The standard InChI is InChI=1S/C64H42N2O/c1-63(2)60-45(46-35-37-55-59(61(46)63)49-25-11-15-29-54(49)66(55)40-20-7-4-8-21-40)34-36-52-58(60)48-24-10-14-28-51(48)64(52)50-27-13-9-22-42(50)43-33-32-41(38-53(43)64)65(39-18-5-3-6-19-39)56-30-17-26-47-44-23-12-16-31-57(44)67-62(47)56/h3-38H,1-2H3. The van der Waals surface area contributed by atoms with Crippen LogP contribution >= 0.6 is 0 Å². The Hall–Kier alpha value is -8.40. The zero-order chi connectivity index (χ0) is 44.2. The number of hydrogen-bond acceptors (Lipinski definition) is 2. The van der Waals surface area contributed by atoms with Crippen molar-refractivity contribution in [2.75, 3.05) is 4.90 Å². The fraction of sp³-hybridized carbons (Fsp3) is 0.0625. The molecule has 314 valence electrons. The number of hydrogen-bond donors (Lipinski definition) is 0. The first-order valence-electron chi connectivity index (χ1n) is 23.4. The molecule has 0 saturated carbocycles. The molecule has 2 heterocycles. The molecule has 1 atom stereocenters. The molecular formula is C64H42N2O. The maximum Gasteiger partial charge on any atom is 0.159 e. The second-order valence-electron chi connectivity index (χ2n) is 19.1. The van der Waals surface area contributed by atoms with Crippen LogP contribution in [-0.2, 0) is 10.8 Å². The van der Waals surface area contributed by atoms with Crippen molar-refractivity contribution in [1.82, 2.24) is 4.57 Å². The number of nitrogens with zero attached hydrogens (tertiary/aromatic N) is 2. The minimum Gasteiger partial charge on any atom is -0.454 e. The summed E-state index contributed by atoms with van der Waals surface area (Å²) in [4.78, 5) is 2.39. The molecule has 12 aromatic rings. The Morgan fingerprint density at radius 1 is 0.418 bits per heavy atom. The van der Waals surface area contributed by atoms with E-state index < -0.39 is 5.41 Å². The van der Waals surface area contributed by atoms with E-state index in [9.17, 15) is 0 Å². The fourth-order valence-corrected chi connectivity index (χ4v) is 13.1. The predicted molar refractivity (Wildman–Crippen MR) is 277 cm³/mol. The van der Waals surface area contributed by atoms with Gasteiger partial charge in [-0.25, -0.2) is 0 Å². The molecule has 0 radical (unpaired) electrons. The third-order valence-corrected chi connectivity index (χ3v) is 15.5. The molecular weight excluding hydrogens is 813 g/mol. The molecule has 67 heavy (non-hydrogen) atoms. The van der Waals surface area contributed by atoms with Gasteiger partial charge in [-0.15, -0.1) is 0 Å². The fourth-order valence-electron chi connectivity index (χ4n) is 13.1. The molecule has 3 aliphatic carbocycles. The molecule has 2 aromatic heterocycles. The smallest absolute Gasteiger partial charge is 0.159 e. The average molecular weight is 855 g/mol. The van der Waals surface area contributed by atoms with Crippen molar-refractivity contribution in [2.24, 2.45) is 0 Å². The number of anilines is 3. The van der Waals surface area contributed by atoms with Gasteiger partial charge in [-0.1, -0.05) is 172 Å². The van der Waals surface area contributed by atoms with E-state index in [0.29, 0.717) is 0 Å². The lowest BCUT2D eigenvalue weighted by Gasteiger charge is -2.33. The number of benzene rings is 10. The summed E-state index contributed by atoms with van der Waals surface area (Å²) < 4.78 is 9.21. The van der Waals surface area contributed by atoms with Crippen LogP contribution in [-0.4, -0.2) is 4.57 Å². The lowest BCUT2D eigenvalue weighted by molar-refractivity contribution is 0.667. The van der Waals surface area contributed by atoms with Gasteiger partial charge in [-0.2, -0.15) is 0 Å². The minimum atomic E-state index is -0.555. The maximum atomic E-state index is 6.76. The first-order valence-corrected chi connectivity index (χ1v) is 23.4. The number of rotatable bonds is 4. The Kier molecular flexibility index (Phi) is 7.22. The van der Waals surface area contributed by atoms with Gasteiger partial charge in [0.2, 0.25) is 0 Å². The van der Waals surface area contributed by atoms with Crippen molar-refractivity contribution in [3.05, 3.63) is 252 Å². The lowest BCUT2D eigenvalue weighted by Crippen LogP contribution is -2.26. The van der Waals surface area contributed by atoms with E-state index in [1.807, 2.05) is 0 Å². The first-order chi connectivity index (χ1) is 33.0. The number of aromatic nitrogens is 1. The highest BCUT2D eigenvalue weighted by atomic mass is 16.3. The van der Waals surface area contributed by atoms with E-state index in [1.54, 1.807) is 0 Å². The third kappa shape index (κ3) is 4.61. The highest BCUT2D eigenvalue weighted by Gasteiger charge is 2.54. The molecule has 15 rings (SSSR count). The van der Waals surface area contributed by atoms with Crippen LogP contribution in [0.1, 0.15) is 47.2 Å². The summed E-state index contributed by atoms with van der Waals surface area (Å²) in [7, 11) is 0. The molecule has 3 heteroatoms. The molecule has 0 fully saturated rings. The minimum absolute atomic E-state index is 0.321. The van der Waals surface area contributed by atoms with Crippen molar-refractivity contribution in [1.29, 1.82) is 0 Å². The Balaban J connectivity index is 0.998. The van der Waals surface area contributed by atoms with Gasteiger partial charge in [-0.05, 0) is 127 Å². The number of fused-ring (bicyclic) bond motifs is 21. The molecule has 0 saturated heterocycles. The maximum absolute atomic E-state index is 6.76.